The van der Waals surface area contributed by atoms with Crippen molar-refractivity contribution >= 4 is 11.6 Å². The Morgan fingerprint density at radius 2 is 1.79 bits per heavy atom. The molecule has 1 aliphatic heterocycles. The molecule has 0 aliphatic carbocycles. The Morgan fingerprint density at radius 3 is 2.29 bits per heavy atom. The molecule has 0 aromatic heterocycles. The van der Waals surface area contributed by atoms with Crippen LogP contribution in [0.5, 0.6) is 0 Å². The third-order valence-electron chi connectivity index (χ3n) is 2.21. The molecule has 0 bridgehead atoms. The van der Waals surface area contributed by atoms with Crippen molar-refractivity contribution in [3.8, 4) is 0 Å². The highest BCUT2D eigenvalue weighted by Crippen LogP contribution is 2.32. The van der Waals surface area contributed by atoms with Gasteiger partial charge in [0, 0.05) is 5.56 Å². The van der Waals surface area contributed by atoms with Crippen LogP contribution in [0.2, 0.25) is 0 Å². The normalized spacial score (nSPS) is 19.9. The number of hydrogen-bond acceptors (Lipinski definition) is 2. The van der Waals surface area contributed by atoms with Gasteiger partial charge in [0.25, 0.3) is 0 Å². The molecule has 1 aromatic rings. The lowest BCUT2D eigenvalue weighted by Crippen LogP contribution is -2.29. The standard InChI is InChI=1S/C10H10ClFO2/c11-7-10(13-5-6-14-10)8-1-3-9(12)4-2-8/h1-4H,5-7H2. The number of halogens is 2. The van der Waals surface area contributed by atoms with Crippen molar-refractivity contribution in [3.63, 3.8) is 0 Å². The second-order valence-corrected chi connectivity index (χ2v) is 3.36. The molecule has 0 unspecified atom stereocenters. The van der Waals surface area contributed by atoms with Crippen molar-refractivity contribution in [2.75, 3.05) is 19.1 Å². The van der Waals surface area contributed by atoms with Crippen molar-refractivity contribution in [2.45, 2.75) is 5.79 Å². The molecule has 1 heterocycles. The predicted molar refractivity (Wildman–Crippen MR) is 50.7 cm³/mol. The molecule has 1 saturated heterocycles. The van der Waals surface area contributed by atoms with Crippen LogP contribution in [0.3, 0.4) is 0 Å². The van der Waals surface area contributed by atoms with E-state index in [0.29, 0.717) is 13.2 Å². The smallest absolute Gasteiger partial charge is 0.208 e. The Morgan fingerprint density at radius 1 is 1.21 bits per heavy atom. The van der Waals surface area contributed by atoms with Crippen LogP contribution in [0.4, 0.5) is 4.39 Å². The summed E-state index contributed by atoms with van der Waals surface area (Å²) in [6, 6.07) is 6.00. The van der Waals surface area contributed by atoms with E-state index in [1.54, 1.807) is 12.1 Å². The lowest BCUT2D eigenvalue weighted by Gasteiger charge is -2.24. The van der Waals surface area contributed by atoms with Gasteiger partial charge < -0.3 is 9.47 Å². The van der Waals surface area contributed by atoms with Crippen LogP contribution < -0.4 is 0 Å². The van der Waals surface area contributed by atoms with Crippen molar-refractivity contribution in [1.82, 2.24) is 0 Å². The minimum Gasteiger partial charge on any atom is -0.342 e. The minimum absolute atomic E-state index is 0.207. The number of alkyl halides is 1. The van der Waals surface area contributed by atoms with Crippen LogP contribution in [0.25, 0.3) is 0 Å². The SMILES string of the molecule is Fc1ccc(C2(CCl)OCCO2)cc1. The van der Waals surface area contributed by atoms with E-state index in [0.717, 1.165) is 5.56 Å². The van der Waals surface area contributed by atoms with Gasteiger partial charge in [-0.3, -0.25) is 0 Å². The Balaban J connectivity index is 2.31. The first kappa shape index (κ1) is 9.90. The third-order valence-corrected chi connectivity index (χ3v) is 2.57. The topological polar surface area (TPSA) is 18.5 Å². The van der Waals surface area contributed by atoms with E-state index < -0.39 is 5.79 Å². The van der Waals surface area contributed by atoms with Crippen LogP contribution in [0.15, 0.2) is 24.3 Å². The molecule has 14 heavy (non-hydrogen) atoms. The zero-order valence-electron chi connectivity index (χ0n) is 7.50. The first-order chi connectivity index (χ1) is 6.77. The Hall–Kier alpha value is -0.640. The van der Waals surface area contributed by atoms with E-state index >= 15 is 0 Å². The van der Waals surface area contributed by atoms with E-state index in [-0.39, 0.29) is 11.7 Å². The average Bonchev–Trinajstić information content (AvgIpc) is 2.68. The maximum Gasteiger partial charge on any atom is 0.208 e. The van der Waals surface area contributed by atoms with Crippen molar-refractivity contribution in [1.29, 1.82) is 0 Å². The fourth-order valence-electron chi connectivity index (χ4n) is 1.48. The first-order valence-corrected chi connectivity index (χ1v) is 4.90. The van der Waals surface area contributed by atoms with Gasteiger partial charge in [-0.2, -0.15) is 0 Å². The first-order valence-electron chi connectivity index (χ1n) is 4.37. The van der Waals surface area contributed by atoms with Gasteiger partial charge in [-0.25, -0.2) is 4.39 Å². The summed E-state index contributed by atoms with van der Waals surface area (Å²) in [5, 5.41) is 0. The molecule has 0 radical (unpaired) electrons. The van der Waals surface area contributed by atoms with Crippen molar-refractivity contribution in [3.05, 3.63) is 35.6 Å². The van der Waals surface area contributed by atoms with Gasteiger partial charge in [0.15, 0.2) is 0 Å². The van der Waals surface area contributed by atoms with E-state index in [2.05, 4.69) is 0 Å². The molecule has 4 heteroatoms. The summed E-state index contributed by atoms with van der Waals surface area (Å²) in [5.41, 5.74) is 0.756. The molecule has 1 aliphatic rings. The van der Waals surface area contributed by atoms with Gasteiger partial charge in [-0.15, -0.1) is 11.6 Å². The molecule has 0 spiro atoms. The Bertz CT molecular complexity index is 306. The lowest BCUT2D eigenvalue weighted by atomic mass is 10.1. The Kier molecular flexibility index (Phi) is 2.72. The van der Waals surface area contributed by atoms with Crippen LogP contribution in [-0.4, -0.2) is 19.1 Å². The van der Waals surface area contributed by atoms with Crippen LogP contribution in [-0.2, 0) is 15.3 Å². The maximum absolute atomic E-state index is 12.7. The van der Waals surface area contributed by atoms with Crippen molar-refractivity contribution < 1.29 is 13.9 Å². The van der Waals surface area contributed by atoms with E-state index in [1.807, 2.05) is 0 Å². The lowest BCUT2D eigenvalue weighted by molar-refractivity contribution is -0.146. The molecule has 0 saturated carbocycles. The molecule has 2 nitrogen and oxygen atoms in total. The molecular formula is C10H10ClFO2. The number of ether oxygens (including phenoxy) is 2. The van der Waals surface area contributed by atoms with Gasteiger partial charge in [0.05, 0.1) is 19.1 Å². The molecular weight excluding hydrogens is 207 g/mol. The monoisotopic (exact) mass is 216 g/mol. The predicted octanol–water partition coefficient (Wildman–Crippen LogP) is 2.26. The van der Waals surface area contributed by atoms with Gasteiger partial charge in [-0.05, 0) is 12.1 Å². The summed E-state index contributed by atoms with van der Waals surface area (Å²) in [5.74, 6) is -0.954. The highest BCUT2D eigenvalue weighted by molar-refractivity contribution is 6.18. The van der Waals surface area contributed by atoms with E-state index in [1.165, 1.54) is 12.1 Å². The highest BCUT2D eigenvalue weighted by Gasteiger charge is 2.37. The summed E-state index contributed by atoms with van der Waals surface area (Å²) in [6.07, 6.45) is 0. The van der Waals surface area contributed by atoms with Gasteiger partial charge in [0.1, 0.15) is 5.82 Å². The molecule has 0 N–H and O–H groups in total. The second-order valence-electron chi connectivity index (χ2n) is 3.09. The number of hydrogen-bond donors (Lipinski definition) is 0. The zero-order valence-corrected chi connectivity index (χ0v) is 8.26. The van der Waals surface area contributed by atoms with Crippen LogP contribution in [0.1, 0.15) is 5.56 Å². The van der Waals surface area contributed by atoms with Gasteiger partial charge in [-0.1, -0.05) is 12.1 Å². The fourth-order valence-corrected chi connectivity index (χ4v) is 1.79. The quantitative estimate of drug-likeness (QED) is 0.706. The third kappa shape index (κ3) is 1.63. The molecule has 1 aromatic carbocycles. The molecule has 76 valence electrons. The maximum atomic E-state index is 12.7. The zero-order chi connectivity index (χ0) is 10.0. The van der Waals surface area contributed by atoms with Gasteiger partial charge in [0.2, 0.25) is 5.79 Å². The summed E-state index contributed by atoms with van der Waals surface area (Å²) < 4.78 is 23.6. The summed E-state index contributed by atoms with van der Waals surface area (Å²) in [6.45, 7) is 1.04. The Labute approximate surface area is 86.6 Å². The van der Waals surface area contributed by atoms with E-state index in [9.17, 15) is 4.39 Å². The van der Waals surface area contributed by atoms with Crippen LogP contribution >= 0.6 is 11.6 Å². The molecule has 0 atom stereocenters. The molecule has 2 rings (SSSR count). The largest absolute Gasteiger partial charge is 0.342 e. The number of benzene rings is 1. The fraction of sp³-hybridized carbons (Fsp3) is 0.400. The summed E-state index contributed by atoms with van der Waals surface area (Å²) >= 11 is 5.80. The molecule has 1 fully saturated rings. The summed E-state index contributed by atoms with van der Waals surface area (Å²) in [4.78, 5) is 0. The number of rotatable bonds is 2. The molecule has 0 amide bonds. The van der Waals surface area contributed by atoms with Gasteiger partial charge >= 0.3 is 0 Å². The van der Waals surface area contributed by atoms with E-state index in [4.69, 9.17) is 21.1 Å². The van der Waals surface area contributed by atoms with Crippen molar-refractivity contribution in [2.24, 2.45) is 0 Å². The summed E-state index contributed by atoms with van der Waals surface area (Å²) in [7, 11) is 0. The van der Waals surface area contributed by atoms with Crippen LogP contribution in [0, 0.1) is 5.82 Å². The second kappa shape index (κ2) is 3.85. The minimum atomic E-state index is -0.880. The average molecular weight is 217 g/mol. The highest BCUT2D eigenvalue weighted by atomic mass is 35.5.